The van der Waals surface area contributed by atoms with Crippen molar-refractivity contribution in [3.8, 4) is 5.88 Å². The molecule has 1 aromatic rings. The number of hydrogen-bond donors (Lipinski definition) is 2. The van der Waals surface area contributed by atoms with Crippen molar-refractivity contribution in [1.82, 2.24) is 10.3 Å². The van der Waals surface area contributed by atoms with Gasteiger partial charge in [-0.2, -0.15) is 0 Å². The fraction of sp³-hybridized carbons (Fsp3) is 0.500. The Bertz CT molecular complexity index is 381. The molecule has 0 aliphatic heterocycles. The summed E-state index contributed by atoms with van der Waals surface area (Å²) in [5, 5.41) is 12.5. The third kappa shape index (κ3) is 3.41. The number of rotatable bonds is 6. The van der Waals surface area contributed by atoms with E-state index in [0.717, 1.165) is 0 Å². The summed E-state index contributed by atoms with van der Waals surface area (Å²) in [4.78, 5) is 15.5. The number of pyridine rings is 1. The summed E-state index contributed by atoms with van der Waals surface area (Å²) < 4.78 is 10.5. The summed E-state index contributed by atoms with van der Waals surface area (Å²) in [6.07, 6.45) is 0.799. The molecule has 0 aliphatic rings. The molecule has 0 saturated carbocycles. The van der Waals surface area contributed by atoms with Crippen LogP contribution in [0.4, 0.5) is 0 Å². The van der Waals surface area contributed by atoms with Gasteiger partial charge < -0.3 is 19.9 Å². The number of carbonyl (C=O) groups excluding carboxylic acids is 1. The van der Waals surface area contributed by atoms with Crippen molar-refractivity contribution < 1.29 is 19.4 Å². The molecule has 1 rings (SSSR count). The van der Waals surface area contributed by atoms with Crippen LogP contribution in [-0.4, -0.2) is 48.5 Å². The Morgan fingerprint density at radius 3 is 2.83 bits per heavy atom. The van der Waals surface area contributed by atoms with Crippen LogP contribution < -0.4 is 10.1 Å². The second-order valence-electron chi connectivity index (χ2n) is 3.93. The van der Waals surface area contributed by atoms with E-state index in [4.69, 9.17) is 9.47 Å². The molecule has 0 radical (unpaired) electrons. The number of hydrogen-bond acceptors (Lipinski definition) is 5. The van der Waals surface area contributed by atoms with Crippen LogP contribution in [0.15, 0.2) is 24.4 Å². The highest BCUT2D eigenvalue weighted by Gasteiger charge is 2.39. The van der Waals surface area contributed by atoms with Crippen LogP contribution in [0.5, 0.6) is 5.88 Å². The third-order valence-electron chi connectivity index (χ3n) is 2.62. The summed E-state index contributed by atoms with van der Waals surface area (Å²) in [5.74, 6) is -0.119. The first kappa shape index (κ1) is 14.4. The van der Waals surface area contributed by atoms with E-state index in [0.29, 0.717) is 5.88 Å². The van der Waals surface area contributed by atoms with E-state index >= 15 is 0 Å². The molecule has 1 aromatic heterocycles. The summed E-state index contributed by atoms with van der Waals surface area (Å²) in [7, 11) is 2.85. The van der Waals surface area contributed by atoms with Crippen molar-refractivity contribution in [2.45, 2.75) is 18.6 Å². The first-order chi connectivity index (χ1) is 8.52. The smallest absolute Gasteiger partial charge is 0.254 e. The lowest BCUT2D eigenvalue weighted by Crippen LogP contribution is -2.54. The maximum Gasteiger partial charge on any atom is 0.254 e. The Balaban J connectivity index is 2.65. The molecule has 0 saturated heterocycles. The highest BCUT2D eigenvalue weighted by Crippen LogP contribution is 2.15. The molecular formula is C12H18N2O4. The fourth-order valence-corrected chi connectivity index (χ4v) is 1.45. The van der Waals surface area contributed by atoms with E-state index < -0.39 is 17.6 Å². The highest BCUT2D eigenvalue weighted by atomic mass is 16.5. The van der Waals surface area contributed by atoms with Crippen LogP contribution in [0.2, 0.25) is 0 Å². The first-order valence-electron chi connectivity index (χ1n) is 5.53. The number of nitrogens with zero attached hydrogens (tertiary/aromatic N) is 1. The van der Waals surface area contributed by atoms with E-state index in [1.807, 2.05) is 0 Å². The maximum absolute atomic E-state index is 11.5. The molecule has 2 N–H and O–H groups in total. The lowest BCUT2D eigenvalue weighted by atomic mass is 9.98. The van der Waals surface area contributed by atoms with E-state index in [-0.39, 0.29) is 6.61 Å². The number of nitrogens with one attached hydrogen (secondary N) is 1. The van der Waals surface area contributed by atoms with Crippen LogP contribution in [0.3, 0.4) is 0 Å². The van der Waals surface area contributed by atoms with Crippen molar-refractivity contribution in [2.75, 3.05) is 20.8 Å². The number of carbonyl (C=O) groups is 1. The average molecular weight is 254 g/mol. The Labute approximate surface area is 106 Å². The van der Waals surface area contributed by atoms with Crippen molar-refractivity contribution in [2.24, 2.45) is 0 Å². The number of amides is 1. The summed E-state index contributed by atoms with van der Waals surface area (Å²) in [6.45, 7) is 1.40. The van der Waals surface area contributed by atoms with Gasteiger partial charge in [0.2, 0.25) is 5.88 Å². The summed E-state index contributed by atoms with van der Waals surface area (Å²) in [5.41, 5.74) is -1.67. The van der Waals surface area contributed by atoms with Gasteiger partial charge in [-0.25, -0.2) is 4.98 Å². The molecule has 18 heavy (non-hydrogen) atoms. The van der Waals surface area contributed by atoms with E-state index in [1.54, 1.807) is 24.4 Å². The predicted molar refractivity (Wildman–Crippen MR) is 65.2 cm³/mol. The maximum atomic E-state index is 11.5. The van der Waals surface area contributed by atoms with Crippen molar-refractivity contribution in [3.63, 3.8) is 0 Å². The van der Waals surface area contributed by atoms with Gasteiger partial charge in [0.15, 0.2) is 5.60 Å². The van der Waals surface area contributed by atoms with E-state index in [2.05, 4.69) is 10.3 Å². The van der Waals surface area contributed by atoms with Crippen LogP contribution in [0.25, 0.3) is 0 Å². The topological polar surface area (TPSA) is 80.7 Å². The van der Waals surface area contributed by atoms with Crippen molar-refractivity contribution >= 4 is 5.91 Å². The minimum atomic E-state index is -1.67. The quantitative estimate of drug-likeness (QED) is 0.745. The van der Waals surface area contributed by atoms with Gasteiger partial charge >= 0.3 is 0 Å². The minimum Gasteiger partial charge on any atom is -0.475 e. The zero-order valence-electron chi connectivity index (χ0n) is 10.7. The van der Waals surface area contributed by atoms with Gasteiger partial charge in [0.25, 0.3) is 5.91 Å². The molecule has 0 aliphatic carbocycles. The molecule has 0 spiro atoms. The zero-order valence-corrected chi connectivity index (χ0v) is 10.7. The fourth-order valence-electron chi connectivity index (χ4n) is 1.45. The van der Waals surface area contributed by atoms with Gasteiger partial charge in [0, 0.05) is 26.4 Å². The van der Waals surface area contributed by atoms with Gasteiger partial charge in [-0.15, -0.1) is 0 Å². The van der Waals surface area contributed by atoms with Gasteiger partial charge in [-0.1, -0.05) is 6.07 Å². The first-order valence-corrected chi connectivity index (χ1v) is 5.53. The minimum absolute atomic E-state index is 0.0218. The molecule has 100 valence electrons. The molecule has 0 fully saturated rings. The van der Waals surface area contributed by atoms with Gasteiger partial charge in [0.1, 0.15) is 12.7 Å². The molecule has 0 bridgehead atoms. The van der Waals surface area contributed by atoms with Gasteiger partial charge in [-0.05, 0) is 13.0 Å². The number of aliphatic hydroxyl groups is 1. The Morgan fingerprint density at radius 1 is 1.61 bits per heavy atom. The van der Waals surface area contributed by atoms with E-state index in [9.17, 15) is 9.90 Å². The summed E-state index contributed by atoms with van der Waals surface area (Å²) in [6, 6.07) is 5.23. The predicted octanol–water partition coefficient (Wildman–Crippen LogP) is -0.0276. The normalized spacial score (nSPS) is 15.6. The summed E-state index contributed by atoms with van der Waals surface area (Å²) >= 11 is 0. The monoisotopic (exact) mass is 254 g/mol. The number of likely N-dealkylation sites (N-methyl/N-ethyl adjacent to an activating group) is 1. The second-order valence-corrected chi connectivity index (χ2v) is 3.93. The number of aromatic nitrogens is 1. The highest BCUT2D eigenvalue weighted by molar-refractivity contribution is 5.84. The third-order valence-corrected chi connectivity index (χ3v) is 2.62. The molecule has 6 nitrogen and oxygen atoms in total. The average Bonchev–Trinajstić information content (AvgIpc) is 2.39. The number of ether oxygens (including phenoxy) is 2. The molecule has 0 aromatic carbocycles. The molecule has 1 heterocycles. The molecule has 6 heteroatoms. The molecule has 2 atom stereocenters. The molecular weight excluding hydrogens is 236 g/mol. The van der Waals surface area contributed by atoms with Crippen LogP contribution in [0.1, 0.15) is 6.92 Å². The van der Waals surface area contributed by atoms with Gasteiger partial charge in [0.05, 0.1) is 0 Å². The molecule has 2 unspecified atom stereocenters. The SMILES string of the molecule is CNC(=O)C(C)(O)C(COc1ccccn1)OC. The van der Waals surface area contributed by atoms with Crippen LogP contribution >= 0.6 is 0 Å². The number of methoxy groups -OCH3 is 1. The Morgan fingerprint density at radius 2 is 2.33 bits per heavy atom. The van der Waals surface area contributed by atoms with E-state index in [1.165, 1.54) is 21.1 Å². The lowest BCUT2D eigenvalue weighted by Gasteiger charge is -2.29. The molecule has 1 amide bonds. The standard InChI is InChI=1S/C12H18N2O4/c1-12(16,11(15)13-2)9(17-3)8-18-10-6-4-5-7-14-10/h4-7,9,16H,8H2,1-3H3,(H,13,15). The second kappa shape index (κ2) is 6.32. The van der Waals surface area contributed by atoms with Crippen molar-refractivity contribution in [3.05, 3.63) is 24.4 Å². The van der Waals surface area contributed by atoms with Crippen LogP contribution in [0, 0.1) is 0 Å². The Hall–Kier alpha value is -1.66. The van der Waals surface area contributed by atoms with Crippen LogP contribution in [-0.2, 0) is 9.53 Å². The van der Waals surface area contributed by atoms with Gasteiger partial charge in [-0.3, -0.25) is 4.79 Å². The largest absolute Gasteiger partial charge is 0.475 e. The zero-order chi connectivity index (χ0) is 13.6. The Kier molecular flexibility index (Phi) is 5.06. The van der Waals surface area contributed by atoms with Crippen molar-refractivity contribution in [1.29, 1.82) is 0 Å². The lowest BCUT2D eigenvalue weighted by molar-refractivity contribution is -0.155.